The van der Waals surface area contributed by atoms with E-state index < -0.39 is 27.7 Å². The van der Waals surface area contributed by atoms with Crippen LogP contribution in [0.4, 0.5) is 8.78 Å². The minimum Gasteiger partial charge on any atom is -0.494 e. The predicted molar refractivity (Wildman–Crippen MR) is 120 cm³/mol. The zero-order chi connectivity index (χ0) is 24.7. The number of hydrogen-bond donors (Lipinski definition) is 0. The molecule has 34 heavy (non-hydrogen) atoms. The van der Waals surface area contributed by atoms with Crippen LogP contribution in [0.3, 0.4) is 0 Å². The molecule has 0 radical (unpaired) electrons. The monoisotopic (exact) mass is 491 g/mol. The summed E-state index contributed by atoms with van der Waals surface area (Å²) in [6.45, 7) is 0.558. The van der Waals surface area contributed by atoms with Crippen molar-refractivity contribution in [3.05, 3.63) is 89.5 Å². The van der Waals surface area contributed by atoms with Crippen LogP contribution in [0.5, 0.6) is 11.5 Å². The van der Waals surface area contributed by atoms with E-state index in [1.54, 1.807) is 12.1 Å². The standard InChI is InChI=1S/C24H23F2NO6S/c1-31-12-11-27(24(28)18-6-4-7-19(25)14-18)16-17-5-3-8-20(13-17)33-34(29,30)21-9-10-23(32-2)22(26)15-21/h3-10,13-15H,11-12,16H2,1-2H3. The lowest BCUT2D eigenvalue weighted by Gasteiger charge is -2.23. The molecule has 0 N–H and O–H groups in total. The number of benzene rings is 3. The molecule has 3 aromatic rings. The molecule has 0 aliphatic rings. The third-order valence-corrected chi connectivity index (χ3v) is 6.06. The largest absolute Gasteiger partial charge is 0.494 e. The van der Waals surface area contributed by atoms with E-state index in [0.29, 0.717) is 5.56 Å². The maximum atomic E-state index is 14.0. The molecule has 0 aliphatic carbocycles. The van der Waals surface area contributed by atoms with Crippen LogP contribution in [0.25, 0.3) is 0 Å². The van der Waals surface area contributed by atoms with Crippen LogP contribution in [-0.2, 0) is 21.4 Å². The minimum atomic E-state index is -4.32. The number of ether oxygens (including phenoxy) is 2. The highest BCUT2D eigenvalue weighted by Crippen LogP contribution is 2.25. The molecule has 0 unspecified atom stereocenters. The molecule has 3 rings (SSSR count). The van der Waals surface area contributed by atoms with Crippen molar-refractivity contribution in [3.63, 3.8) is 0 Å². The highest BCUT2D eigenvalue weighted by molar-refractivity contribution is 7.87. The van der Waals surface area contributed by atoms with E-state index in [-0.39, 0.29) is 41.7 Å². The summed E-state index contributed by atoms with van der Waals surface area (Å²) in [5.41, 5.74) is 0.738. The van der Waals surface area contributed by atoms with Gasteiger partial charge in [0.15, 0.2) is 11.6 Å². The van der Waals surface area contributed by atoms with E-state index in [2.05, 4.69) is 0 Å². The van der Waals surface area contributed by atoms with Crippen molar-refractivity contribution >= 4 is 16.0 Å². The molecule has 0 saturated heterocycles. The van der Waals surface area contributed by atoms with Gasteiger partial charge in [0.05, 0.1) is 13.7 Å². The molecule has 10 heteroatoms. The first-order chi connectivity index (χ1) is 16.2. The fourth-order valence-corrected chi connectivity index (χ4v) is 4.09. The van der Waals surface area contributed by atoms with Crippen LogP contribution in [0.2, 0.25) is 0 Å². The Bertz CT molecular complexity index is 1270. The Hall–Kier alpha value is -3.50. The molecule has 0 aliphatic heterocycles. The van der Waals surface area contributed by atoms with Crippen LogP contribution in [0.15, 0.2) is 71.6 Å². The molecule has 0 aromatic heterocycles. The van der Waals surface area contributed by atoms with Crippen molar-refractivity contribution in [2.24, 2.45) is 0 Å². The molecule has 0 saturated carbocycles. The van der Waals surface area contributed by atoms with E-state index in [1.165, 1.54) is 61.6 Å². The summed E-state index contributed by atoms with van der Waals surface area (Å²) < 4.78 is 67.8. The van der Waals surface area contributed by atoms with Gasteiger partial charge in [0.25, 0.3) is 5.91 Å². The van der Waals surface area contributed by atoms with Gasteiger partial charge in [-0.25, -0.2) is 8.78 Å². The number of rotatable bonds is 10. The summed E-state index contributed by atoms with van der Waals surface area (Å²) in [5.74, 6) is -1.90. The minimum absolute atomic E-state index is 0.0152. The average molecular weight is 492 g/mol. The smallest absolute Gasteiger partial charge is 0.339 e. The average Bonchev–Trinajstić information content (AvgIpc) is 2.81. The SMILES string of the molecule is COCCN(Cc1cccc(OS(=O)(=O)c2ccc(OC)c(F)c2)c1)C(=O)c1cccc(F)c1. The summed E-state index contributed by atoms with van der Waals surface area (Å²) in [6, 6.07) is 14.6. The summed E-state index contributed by atoms with van der Waals surface area (Å²) in [6.07, 6.45) is 0. The summed E-state index contributed by atoms with van der Waals surface area (Å²) in [5, 5.41) is 0. The van der Waals surface area contributed by atoms with Crippen molar-refractivity contribution < 1.29 is 35.6 Å². The Balaban J connectivity index is 1.81. The second-order valence-corrected chi connectivity index (χ2v) is 8.76. The number of nitrogens with zero attached hydrogens (tertiary/aromatic N) is 1. The molecule has 0 fully saturated rings. The van der Waals surface area contributed by atoms with Crippen molar-refractivity contribution in [2.45, 2.75) is 11.4 Å². The summed E-state index contributed by atoms with van der Waals surface area (Å²) >= 11 is 0. The van der Waals surface area contributed by atoms with Crippen LogP contribution in [0, 0.1) is 11.6 Å². The Kier molecular flexibility index (Phi) is 8.19. The first-order valence-corrected chi connectivity index (χ1v) is 11.5. The van der Waals surface area contributed by atoms with Gasteiger partial charge in [0.2, 0.25) is 0 Å². The van der Waals surface area contributed by atoms with Crippen LogP contribution < -0.4 is 8.92 Å². The summed E-state index contributed by atoms with van der Waals surface area (Å²) in [4.78, 5) is 14.0. The molecule has 0 heterocycles. The topological polar surface area (TPSA) is 82.1 Å². The van der Waals surface area contributed by atoms with E-state index in [1.807, 2.05) is 0 Å². The van der Waals surface area contributed by atoms with Crippen LogP contribution in [-0.4, -0.2) is 46.6 Å². The Labute approximate surface area is 196 Å². The Morgan fingerprint density at radius 2 is 1.74 bits per heavy atom. The normalized spacial score (nSPS) is 11.2. The van der Waals surface area contributed by atoms with Crippen molar-refractivity contribution in [2.75, 3.05) is 27.4 Å². The summed E-state index contributed by atoms with van der Waals surface area (Å²) in [7, 11) is -1.56. The number of carbonyl (C=O) groups excluding carboxylic acids is 1. The van der Waals surface area contributed by atoms with Gasteiger partial charge < -0.3 is 18.6 Å². The number of halogens is 2. The first-order valence-electron chi connectivity index (χ1n) is 10.1. The van der Waals surface area contributed by atoms with Crippen molar-refractivity contribution in [1.82, 2.24) is 4.90 Å². The molecule has 7 nitrogen and oxygen atoms in total. The second-order valence-electron chi connectivity index (χ2n) is 7.21. The maximum absolute atomic E-state index is 14.0. The lowest BCUT2D eigenvalue weighted by atomic mass is 10.1. The maximum Gasteiger partial charge on any atom is 0.339 e. The van der Waals surface area contributed by atoms with Gasteiger partial charge in [-0.05, 0) is 54.1 Å². The number of hydrogen-bond acceptors (Lipinski definition) is 6. The molecular weight excluding hydrogens is 468 g/mol. The van der Waals surface area contributed by atoms with Gasteiger partial charge in [-0.3, -0.25) is 4.79 Å². The number of methoxy groups -OCH3 is 2. The molecule has 180 valence electrons. The molecule has 1 amide bonds. The van der Waals surface area contributed by atoms with Crippen LogP contribution >= 0.6 is 0 Å². The Morgan fingerprint density at radius 3 is 2.41 bits per heavy atom. The highest BCUT2D eigenvalue weighted by atomic mass is 32.2. The third kappa shape index (κ3) is 6.30. The van der Waals surface area contributed by atoms with Gasteiger partial charge in [0.1, 0.15) is 16.5 Å². The zero-order valence-corrected chi connectivity index (χ0v) is 19.3. The predicted octanol–water partition coefficient (Wildman–Crippen LogP) is 4.03. The van der Waals surface area contributed by atoms with E-state index in [0.717, 1.165) is 12.1 Å². The van der Waals surface area contributed by atoms with E-state index >= 15 is 0 Å². The number of amides is 1. The molecule has 3 aromatic carbocycles. The van der Waals surface area contributed by atoms with Crippen LogP contribution in [0.1, 0.15) is 15.9 Å². The van der Waals surface area contributed by atoms with E-state index in [9.17, 15) is 22.0 Å². The lowest BCUT2D eigenvalue weighted by Crippen LogP contribution is -2.33. The van der Waals surface area contributed by atoms with E-state index in [4.69, 9.17) is 13.7 Å². The molecule has 0 atom stereocenters. The van der Waals surface area contributed by atoms with Crippen molar-refractivity contribution in [1.29, 1.82) is 0 Å². The van der Waals surface area contributed by atoms with Crippen molar-refractivity contribution in [3.8, 4) is 11.5 Å². The van der Waals surface area contributed by atoms with Gasteiger partial charge in [-0.1, -0.05) is 18.2 Å². The van der Waals surface area contributed by atoms with Gasteiger partial charge in [-0.2, -0.15) is 8.42 Å². The molecule has 0 spiro atoms. The first kappa shape index (κ1) is 25.1. The third-order valence-electron chi connectivity index (χ3n) is 4.81. The number of carbonyl (C=O) groups is 1. The fraction of sp³-hybridized carbons (Fsp3) is 0.208. The lowest BCUT2D eigenvalue weighted by molar-refractivity contribution is 0.0680. The van der Waals surface area contributed by atoms with Gasteiger partial charge in [-0.15, -0.1) is 0 Å². The van der Waals surface area contributed by atoms with Gasteiger partial charge >= 0.3 is 10.1 Å². The zero-order valence-electron chi connectivity index (χ0n) is 18.5. The molecular formula is C24H23F2NO6S. The quantitative estimate of drug-likeness (QED) is 0.399. The fourth-order valence-electron chi connectivity index (χ4n) is 3.15. The van der Waals surface area contributed by atoms with Gasteiger partial charge in [0, 0.05) is 25.8 Å². The Morgan fingerprint density at radius 1 is 0.971 bits per heavy atom. The second kappa shape index (κ2) is 11.1. The highest BCUT2D eigenvalue weighted by Gasteiger charge is 2.21. The molecule has 0 bridgehead atoms.